The van der Waals surface area contributed by atoms with E-state index < -0.39 is 20.0 Å². The van der Waals surface area contributed by atoms with E-state index in [0.29, 0.717) is 4.88 Å². The van der Waals surface area contributed by atoms with Crippen LogP contribution < -0.4 is 9.86 Å². The Hall–Kier alpha value is -0.970. The van der Waals surface area contributed by atoms with E-state index in [1.807, 2.05) is 0 Å². The lowest BCUT2D eigenvalue weighted by Crippen LogP contribution is -2.23. The molecule has 0 spiro atoms. The number of nitrogens with one attached hydrogen (secondary N) is 1. The highest BCUT2D eigenvalue weighted by atomic mass is 35.5. The molecule has 0 fully saturated rings. The molecule has 0 aliphatic carbocycles. The number of halogens is 1. The van der Waals surface area contributed by atoms with Crippen molar-refractivity contribution in [3.8, 4) is 0 Å². The standard InChI is InChI=1S/C11H11ClN2O4S3/c12-9-3-1-2-4-10(9)21(17,18)14-7-8-5-6-11(19-8)20(13,15)16/h1-6,14H,7H2,(H2,13,15,16). The molecule has 6 nitrogen and oxygen atoms in total. The summed E-state index contributed by atoms with van der Waals surface area (Å²) < 4.78 is 48.8. The van der Waals surface area contributed by atoms with Gasteiger partial charge < -0.3 is 0 Å². The average molecular weight is 367 g/mol. The predicted molar refractivity (Wildman–Crippen MR) is 81.2 cm³/mol. The first-order valence-electron chi connectivity index (χ1n) is 5.56. The van der Waals surface area contributed by atoms with Crippen molar-refractivity contribution in [2.24, 2.45) is 5.14 Å². The van der Waals surface area contributed by atoms with Crippen LogP contribution in [0.5, 0.6) is 0 Å². The minimum Gasteiger partial charge on any atom is -0.224 e. The first-order valence-corrected chi connectivity index (χ1v) is 9.78. The van der Waals surface area contributed by atoms with E-state index in [2.05, 4.69) is 4.72 Å². The number of primary sulfonamides is 1. The summed E-state index contributed by atoms with van der Waals surface area (Å²) in [6.45, 7) is -0.0479. The summed E-state index contributed by atoms with van der Waals surface area (Å²) in [7, 11) is -7.55. The van der Waals surface area contributed by atoms with Crippen LogP contribution in [0.25, 0.3) is 0 Å². The van der Waals surface area contributed by atoms with Crippen molar-refractivity contribution in [2.75, 3.05) is 0 Å². The molecule has 0 saturated heterocycles. The van der Waals surface area contributed by atoms with E-state index in [-0.39, 0.29) is 20.7 Å². The van der Waals surface area contributed by atoms with Crippen LogP contribution in [0.1, 0.15) is 4.88 Å². The van der Waals surface area contributed by atoms with E-state index in [9.17, 15) is 16.8 Å². The van der Waals surface area contributed by atoms with Gasteiger partial charge in [0.05, 0.1) is 5.02 Å². The van der Waals surface area contributed by atoms with E-state index >= 15 is 0 Å². The number of rotatable bonds is 5. The van der Waals surface area contributed by atoms with Crippen LogP contribution in [0.2, 0.25) is 5.02 Å². The van der Waals surface area contributed by atoms with Gasteiger partial charge in [0.15, 0.2) is 0 Å². The number of thiophene rings is 1. The lowest BCUT2D eigenvalue weighted by molar-refractivity contribution is 0.581. The summed E-state index contributed by atoms with van der Waals surface area (Å²) in [6, 6.07) is 8.87. The Morgan fingerprint density at radius 1 is 1.10 bits per heavy atom. The fourth-order valence-corrected chi connectivity index (χ4v) is 4.85. The molecule has 2 rings (SSSR count). The third kappa shape index (κ3) is 4.02. The van der Waals surface area contributed by atoms with Gasteiger partial charge in [-0.2, -0.15) is 0 Å². The summed E-state index contributed by atoms with van der Waals surface area (Å²) in [6.07, 6.45) is 0. The summed E-state index contributed by atoms with van der Waals surface area (Å²) in [4.78, 5) is 0.490. The molecule has 0 unspecified atom stereocenters. The number of nitrogens with two attached hydrogens (primary N) is 1. The molecule has 0 aliphatic rings. The van der Waals surface area contributed by atoms with Gasteiger partial charge in [0, 0.05) is 11.4 Å². The first kappa shape index (κ1) is 16.4. The van der Waals surface area contributed by atoms with Crippen LogP contribution in [0.4, 0.5) is 0 Å². The second-order valence-electron chi connectivity index (χ2n) is 4.02. The van der Waals surface area contributed by atoms with Crippen molar-refractivity contribution in [1.29, 1.82) is 0 Å². The Balaban J connectivity index is 2.16. The van der Waals surface area contributed by atoms with Gasteiger partial charge in [-0.15, -0.1) is 11.3 Å². The maximum Gasteiger partial charge on any atom is 0.247 e. The third-order valence-corrected chi connectivity index (χ3v) is 6.90. The quantitative estimate of drug-likeness (QED) is 0.836. The minimum atomic E-state index is -3.77. The van der Waals surface area contributed by atoms with Crippen LogP contribution in [-0.4, -0.2) is 16.8 Å². The highest BCUT2D eigenvalue weighted by molar-refractivity contribution is 7.91. The third-order valence-electron chi connectivity index (χ3n) is 2.48. The van der Waals surface area contributed by atoms with Gasteiger partial charge in [0.2, 0.25) is 20.0 Å². The summed E-state index contributed by atoms with van der Waals surface area (Å²) in [5, 5.41) is 5.10. The molecule has 114 valence electrons. The first-order chi connectivity index (χ1) is 9.70. The van der Waals surface area contributed by atoms with E-state index in [4.69, 9.17) is 16.7 Å². The Kier molecular flexibility index (Phi) is 4.71. The summed E-state index contributed by atoms with van der Waals surface area (Å²) >= 11 is 6.75. The molecule has 0 atom stereocenters. The number of hydrogen-bond acceptors (Lipinski definition) is 5. The van der Waals surface area contributed by atoms with Crippen LogP contribution >= 0.6 is 22.9 Å². The Morgan fingerprint density at radius 2 is 1.76 bits per heavy atom. The Labute approximate surface area is 131 Å². The van der Waals surface area contributed by atoms with Crippen LogP contribution in [0.15, 0.2) is 45.5 Å². The van der Waals surface area contributed by atoms with Crippen molar-refractivity contribution < 1.29 is 16.8 Å². The number of hydrogen-bond donors (Lipinski definition) is 2. The second-order valence-corrected chi connectivity index (χ2v) is 9.12. The fraction of sp³-hybridized carbons (Fsp3) is 0.0909. The van der Waals surface area contributed by atoms with Gasteiger partial charge >= 0.3 is 0 Å². The van der Waals surface area contributed by atoms with Crippen LogP contribution in [0.3, 0.4) is 0 Å². The van der Waals surface area contributed by atoms with Gasteiger partial charge in [0.25, 0.3) is 0 Å². The number of sulfonamides is 2. The van der Waals surface area contributed by atoms with Gasteiger partial charge in [-0.1, -0.05) is 23.7 Å². The second kappa shape index (κ2) is 6.03. The smallest absolute Gasteiger partial charge is 0.224 e. The van der Waals surface area contributed by atoms with Crippen LogP contribution in [0, 0.1) is 0 Å². The van der Waals surface area contributed by atoms with Gasteiger partial charge in [-0.05, 0) is 24.3 Å². The molecule has 0 bridgehead atoms. The molecular weight excluding hydrogens is 356 g/mol. The normalized spacial score (nSPS) is 12.5. The van der Waals surface area contributed by atoms with Crippen molar-refractivity contribution in [3.05, 3.63) is 46.3 Å². The molecule has 2 aromatic rings. The van der Waals surface area contributed by atoms with Crippen molar-refractivity contribution in [1.82, 2.24) is 4.72 Å². The van der Waals surface area contributed by atoms with Crippen molar-refractivity contribution in [3.63, 3.8) is 0 Å². The fourth-order valence-electron chi connectivity index (χ4n) is 1.51. The van der Waals surface area contributed by atoms with Crippen molar-refractivity contribution >= 4 is 43.0 Å². The molecule has 0 saturated carbocycles. The maximum absolute atomic E-state index is 12.1. The lowest BCUT2D eigenvalue weighted by Gasteiger charge is -2.07. The van der Waals surface area contributed by atoms with E-state index in [1.54, 1.807) is 12.1 Å². The summed E-state index contributed by atoms with van der Waals surface area (Å²) in [5.74, 6) is 0. The number of benzene rings is 1. The molecule has 3 N–H and O–H groups in total. The molecule has 0 radical (unpaired) electrons. The van der Waals surface area contributed by atoms with E-state index in [0.717, 1.165) is 11.3 Å². The lowest BCUT2D eigenvalue weighted by atomic mass is 10.4. The molecule has 10 heteroatoms. The summed E-state index contributed by atoms with van der Waals surface area (Å²) in [5.41, 5.74) is 0. The zero-order chi connectivity index (χ0) is 15.7. The highest BCUT2D eigenvalue weighted by Crippen LogP contribution is 2.23. The molecule has 1 aromatic carbocycles. The Bertz CT molecular complexity index is 859. The van der Waals surface area contributed by atoms with Crippen molar-refractivity contribution in [2.45, 2.75) is 15.6 Å². The van der Waals surface area contributed by atoms with Gasteiger partial charge in [-0.3, -0.25) is 0 Å². The molecule has 0 aliphatic heterocycles. The topological polar surface area (TPSA) is 106 Å². The SMILES string of the molecule is NS(=O)(=O)c1ccc(CNS(=O)(=O)c2ccccc2Cl)s1. The monoisotopic (exact) mass is 366 g/mol. The van der Waals surface area contributed by atoms with E-state index in [1.165, 1.54) is 24.3 Å². The predicted octanol–water partition coefficient (Wildman–Crippen LogP) is 1.53. The molecule has 21 heavy (non-hydrogen) atoms. The largest absolute Gasteiger partial charge is 0.247 e. The Morgan fingerprint density at radius 3 is 2.33 bits per heavy atom. The molecule has 1 heterocycles. The highest BCUT2D eigenvalue weighted by Gasteiger charge is 2.18. The zero-order valence-electron chi connectivity index (χ0n) is 10.5. The van der Waals surface area contributed by atoms with Gasteiger partial charge in [0.1, 0.15) is 9.10 Å². The van der Waals surface area contributed by atoms with Crippen LogP contribution in [-0.2, 0) is 26.6 Å². The average Bonchev–Trinajstić information content (AvgIpc) is 2.85. The molecule has 1 aromatic heterocycles. The van der Waals surface area contributed by atoms with Gasteiger partial charge in [-0.25, -0.2) is 26.7 Å². The maximum atomic E-state index is 12.1. The zero-order valence-corrected chi connectivity index (χ0v) is 13.7. The molecule has 0 amide bonds. The molecular formula is C11H11ClN2O4S3. The minimum absolute atomic E-state index is 0.0190.